The molecule has 0 spiro atoms. The molecule has 1 atom stereocenters. The molecule has 0 bridgehead atoms. The SMILES string of the molecule is Cc1ccc(N2C(=O)CC(Sc3ccc(NC(=O)C=CC(=O)O)cc3)C2=O)cc1. The van der Waals surface area contributed by atoms with Crippen LogP contribution in [0, 0.1) is 6.92 Å². The summed E-state index contributed by atoms with van der Waals surface area (Å²) in [5.74, 6) is -2.24. The summed E-state index contributed by atoms with van der Waals surface area (Å²) < 4.78 is 0. The zero-order valence-corrected chi connectivity index (χ0v) is 16.3. The first-order valence-electron chi connectivity index (χ1n) is 8.75. The number of imide groups is 1. The van der Waals surface area contributed by atoms with Crippen molar-refractivity contribution in [1.29, 1.82) is 0 Å². The van der Waals surface area contributed by atoms with Crippen LogP contribution in [-0.4, -0.2) is 34.0 Å². The molecule has 29 heavy (non-hydrogen) atoms. The van der Waals surface area contributed by atoms with Gasteiger partial charge in [-0.3, -0.25) is 14.4 Å². The Bertz CT molecular complexity index is 983. The number of amides is 3. The molecule has 1 saturated heterocycles. The number of anilines is 2. The molecule has 2 aromatic carbocycles. The molecule has 0 radical (unpaired) electrons. The highest BCUT2D eigenvalue weighted by molar-refractivity contribution is 8.00. The van der Waals surface area contributed by atoms with Crippen LogP contribution in [0.25, 0.3) is 0 Å². The van der Waals surface area contributed by atoms with E-state index in [2.05, 4.69) is 5.32 Å². The normalized spacial score (nSPS) is 16.4. The minimum atomic E-state index is -1.21. The third-order valence-electron chi connectivity index (χ3n) is 4.17. The molecule has 1 fully saturated rings. The fraction of sp³-hybridized carbons (Fsp3) is 0.143. The molecular formula is C21H18N2O5S. The standard InChI is InChI=1S/C21H18N2O5S/c1-13-2-6-15(7-3-13)23-19(25)12-17(21(23)28)29-16-8-4-14(5-9-16)22-18(24)10-11-20(26)27/h2-11,17H,12H2,1H3,(H,22,24)(H,26,27). The Morgan fingerprint density at radius 2 is 1.72 bits per heavy atom. The van der Waals surface area contributed by atoms with Gasteiger partial charge < -0.3 is 10.4 Å². The van der Waals surface area contributed by atoms with Gasteiger partial charge in [0, 0.05) is 29.2 Å². The zero-order chi connectivity index (χ0) is 21.0. The summed E-state index contributed by atoms with van der Waals surface area (Å²) in [6, 6.07) is 14.0. The molecule has 2 N–H and O–H groups in total. The molecule has 2 aromatic rings. The van der Waals surface area contributed by atoms with Gasteiger partial charge in [-0.1, -0.05) is 17.7 Å². The van der Waals surface area contributed by atoms with Crippen LogP contribution >= 0.6 is 11.8 Å². The predicted octanol–water partition coefficient (Wildman–Crippen LogP) is 3.00. The van der Waals surface area contributed by atoms with E-state index in [-0.39, 0.29) is 18.2 Å². The summed E-state index contributed by atoms with van der Waals surface area (Å²) in [6.45, 7) is 1.94. The number of hydrogen-bond donors (Lipinski definition) is 2. The van der Waals surface area contributed by atoms with Crippen LogP contribution in [0.4, 0.5) is 11.4 Å². The number of carboxylic acids is 1. The number of aliphatic carboxylic acids is 1. The van der Waals surface area contributed by atoms with E-state index in [0.29, 0.717) is 11.4 Å². The van der Waals surface area contributed by atoms with Crippen LogP contribution in [0.3, 0.4) is 0 Å². The van der Waals surface area contributed by atoms with E-state index in [1.54, 1.807) is 36.4 Å². The van der Waals surface area contributed by atoms with Crippen LogP contribution in [0.15, 0.2) is 65.6 Å². The number of carbonyl (C=O) groups is 4. The van der Waals surface area contributed by atoms with Gasteiger partial charge in [0.2, 0.25) is 17.7 Å². The van der Waals surface area contributed by atoms with E-state index in [0.717, 1.165) is 22.6 Å². The first kappa shape index (κ1) is 20.3. The van der Waals surface area contributed by atoms with Crippen molar-refractivity contribution in [3.05, 3.63) is 66.2 Å². The van der Waals surface area contributed by atoms with Gasteiger partial charge in [0.25, 0.3) is 0 Å². The number of thioether (sulfide) groups is 1. The van der Waals surface area contributed by atoms with E-state index in [1.165, 1.54) is 16.7 Å². The molecule has 3 rings (SSSR count). The summed E-state index contributed by atoms with van der Waals surface area (Å²) in [5.41, 5.74) is 2.11. The van der Waals surface area contributed by atoms with Crippen molar-refractivity contribution >= 4 is 46.8 Å². The van der Waals surface area contributed by atoms with Gasteiger partial charge in [-0.05, 0) is 43.3 Å². The third kappa shape index (κ3) is 5.11. The number of hydrogen-bond acceptors (Lipinski definition) is 5. The molecule has 1 unspecified atom stereocenters. The van der Waals surface area contributed by atoms with Gasteiger partial charge in [0.1, 0.15) is 0 Å². The molecule has 148 valence electrons. The first-order valence-corrected chi connectivity index (χ1v) is 9.63. The maximum atomic E-state index is 12.7. The van der Waals surface area contributed by atoms with Crippen molar-refractivity contribution in [3.63, 3.8) is 0 Å². The highest BCUT2D eigenvalue weighted by Gasteiger charge is 2.40. The van der Waals surface area contributed by atoms with Crippen LogP contribution in [0.5, 0.6) is 0 Å². The largest absolute Gasteiger partial charge is 0.478 e. The van der Waals surface area contributed by atoms with Crippen molar-refractivity contribution in [3.8, 4) is 0 Å². The Labute approximate surface area is 171 Å². The lowest BCUT2D eigenvalue weighted by molar-refractivity contribution is -0.131. The Kier molecular flexibility index (Phi) is 6.13. The lowest BCUT2D eigenvalue weighted by atomic mass is 10.2. The van der Waals surface area contributed by atoms with E-state index >= 15 is 0 Å². The molecule has 7 nitrogen and oxygen atoms in total. The fourth-order valence-corrected chi connectivity index (χ4v) is 3.83. The Balaban J connectivity index is 1.64. The minimum absolute atomic E-state index is 0.121. The second kappa shape index (κ2) is 8.74. The second-order valence-corrected chi connectivity index (χ2v) is 7.67. The van der Waals surface area contributed by atoms with E-state index in [1.807, 2.05) is 19.1 Å². The molecule has 1 aliphatic heterocycles. The first-order chi connectivity index (χ1) is 13.8. The maximum Gasteiger partial charge on any atom is 0.328 e. The average molecular weight is 410 g/mol. The summed E-state index contributed by atoms with van der Waals surface area (Å²) in [7, 11) is 0. The maximum absolute atomic E-state index is 12.7. The predicted molar refractivity (Wildman–Crippen MR) is 110 cm³/mol. The lowest BCUT2D eigenvalue weighted by Crippen LogP contribution is -2.31. The molecule has 1 heterocycles. The molecule has 0 aromatic heterocycles. The van der Waals surface area contributed by atoms with Crippen molar-refractivity contribution < 1.29 is 24.3 Å². The van der Waals surface area contributed by atoms with Gasteiger partial charge in [0.05, 0.1) is 10.9 Å². The van der Waals surface area contributed by atoms with Crippen LogP contribution < -0.4 is 10.2 Å². The smallest absolute Gasteiger partial charge is 0.328 e. The number of aryl methyl sites for hydroxylation is 1. The minimum Gasteiger partial charge on any atom is -0.478 e. The summed E-state index contributed by atoms with van der Waals surface area (Å²) in [6.07, 6.45) is 1.80. The van der Waals surface area contributed by atoms with Gasteiger partial charge >= 0.3 is 5.97 Å². The molecule has 3 amide bonds. The molecule has 8 heteroatoms. The zero-order valence-electron chi connectivity index (χ0n) is 15.5. The summed E-state index contributed by atoms with van der Waals surface area (Å²) in [4.78, 5) is 49.1. The Morgan fingerprint density at radius 1 is 1.07 bits per heavy atom. The van der Waals surface area contributed by atoms with Crippen LogP contribution in [0.2, 0.25) is 0 Å². The van der Waals surface area contributed by atoms with Gasteiger partial charge in [-0.15, -0.1) is 11.8 Å². The van der Waals surface area contributed by atoms with Crippen molar-refractivity contribution in [2.24, 2.45) is 0 Å². The third-order valence-corrected chi connectivity index (χ3v) is 5.37. The van der Waals surface area contributed by atoms with E-state index in [4.69, 9.17) is 5.11 Å². The van der Waals surface area contributed by atoms with Gasteiger partial charge in [-0.2, -0.15) is 0 Å². The van der Waals surface area contributed by atoms with Gasteiger partial charge in [0.15, 0.2) is 0 Å². The second-order valence-electron chi connectivity index (χ2n) is 6.40. The van der Waals surface area contributed by atoms with Crippen molar-refractivity contribution in [2.75, 3.05) is 10.2 Å². The van der Waals surface area contributed by atoms with E-state index in [9.17, 15) is 19.2 Å². The fourth-order valence-electron chi connectivity index (χ4n) is 2.77. The number of nitrogens with zero attached hydrogens (tertiary/aromatic N) is 1. The molecule has 1 aliphatic rings. The molecule has 0 aliphatic carbocycles. The molecule has 0 saturated carbocycles. The summed E-state index contributed by atoms with van der Waals surface area (Å²) in [5, 5.41) is 10.5. The quantitative estimate of drug-likeness (QED) is 0.560. The molecular weight excluding hydrogens is 392 g/mol. The Hall–Kier alpha value is -3.39. The number of rotatable bonds is 6. The topological polar surface area (TPSA) is 104 Å². The Morgan fingerprint density at radius 3 is 2.34 bits per heavy atom. The van der Waals surface area contributed by atoms with Crippen molar-refractivity contribution in [2.45, 2.75) is 23.5 Å². The van der Waals surface area contributed by atoms with Crippen LogP contribution in [0.1, 0.15) is 12.0 Å². The highest BCUT2D eigenvalue weighted by Crippen LogP contribution is 2.34. The average Bonchev–Trinajstić information content (AvgIpc) is 2.96. The number of benzene rings is 2. The number of nitrogens with one attached hydrogen (secondary N) is 1. The highest BCUT2D eigenvalue weighted by atomic mass is 32.2. The van der Waals surface area contributed by atoms with Gasteiger partial charge in [-0.25, -0.2) is 9.69 Å². The van der Waals surface area contributed by atoms with E-state index < -0.39 is 17.1 Å². The number of carboxylic acid groups (broad SMARTS) is 1. The lowest BCUT2D eigenvalue weighted by Gasteiger charge is -2.15. The number of carbonyl (C=O) groups excluding carboxylic acids is 3. The monoisotopic (exact) mass is 410 g/mol. The van der Waals surface area contributed by atoms with Crippen LogP contribution in [-0.2, 0) is 19.2 Å². The summed E-state index contributed by atoms with van der Waals surface area (Å²) >= 11 is 1.29. The van der Waals surface area contributed by atoms with Crippen molar-refractivity contribution in [1.82, 2.24) is 0 Å².